The number of hydrogen-bond donors (Lipinski definition) is 1. The number of thiophene rings is 1. The van der Waals surface area contributed by atoms with Gasteiger partial charge in [-0.05, 0) is 30.2 Å². The van der Waals surface area contributed by atoms with E-state index in [0.29, 0.717) is 6.04 Å². The van der Waals surface area contributed by atoms with Gasteiger partial charge < -0.3 is 10.1 Å². The maximum atomic E-state index is 5.93. The molecular weight excluding hydrogens is 278 g/mol. The largest absolute Gasteiger partial charge is 0.497 e. The number of halogens is 1. The van der Waals surface area contributed by atoms with Crippen LogP contribution in [0.25, 0.3) is 0 Å². The van der Waals surface area contributed by atoms with Crippen molar-refractivity contribution in [3.8, 4) is 5.75 Å². The van der Waals surface area contributed by atoms with Gasteiger partial charge in [0.2, 0.25) is 0 Å². The zero-order valence-electron chi connectivity index (χ0n) is 11.2. The van der Waals surface area contributed by atoms with Crippen molar-refractivity contribution in [2.75, 3.05) is 7.11 Å². The van der Waals surface area contributed by atoms with Gasteiger partial charge in [-0.25, -0.2) is 0 Å². The Labute approximate surface area is 123 Å². The van der Waals surface area contributed by atoms with Crippen molar-refractivity contribution in [2.24, 2.45) is 0 Å². The number of benzene rings is 1. The lowest BCUT2D eigenvalue weighted by Crippen LogP contribution is -2.19. The molecule has 0 amide bonds. The van der Waals surface area contributed by atoms with Crippen molar-refractivity contribution >= 4 is 22.9 Å². The molecule has 0 aliphatic carbocycles. The first-order valence-corrected chi connectivity index (χ1v) is 7.59. The summed E-state index contributed by atoms with van der Waals surface area (Å²) >= 11 is 7.62. The molecule has 1 unspecified atom stereocenters. The number of ether oxygens (including phenoxy) is 1. The standard InChI is InChI=1S/C15H18ClNOS/c1-3-15(11-4-6-13(18-2)7-5-11)17-9-14-8-12(16)10-19-14/h4-8,10,15,17H,3,9H2,1-2H3. The number of hydrogen-bond acceptors (Lipinski definition) is 3. The Bertz CT molecular complexity index is 509. The van der Waals surface area contributed by atoms with E-state index in [1.807, 2.05) is 23.6 Å². The van der Waals surface area contributed by atoms with Crippen molar-refractivity contribution in [1.29, 1.82) is 0 Å². The van der Waals surface area contributed by atoms with Crippen LogP contribution in [0.3, 0.4) is 0 Å². The first kappa shape index (κ1) is 14.4. The minimum Gasteiger partial charge on any atom is -0.497 e. The summed E-state index contributed by atoms with van der Waals surface area (Å²) in [5.74, 6) is 0.892. The summed E-state index contributed by atoms with van der Waals surface area (Å²) < 4.78 is 5.18. The SMILES string of the molecule is CCC(NCc1cc(Cl)cs1)c1ccc(OC)cc1. The van der Waals surface area contributed by atoms with E-state index in [9.17, 15) is 0 Å². The van der Waals surface area contributed by atoms with Crippen molar-refractivity contribution in [3.05, 3.63) is 51.2 Å². The third-order valence-corrected chi connectivity index (χ3v) is 4.36. The highest BCUT2D eigenvalue weighted by Crippen LogP contribution is 2.23. The van der Waals surface area contributed by atoms with Crippen molar-refractivity contribution in [1.82, 2.24) is 5.32 Å². The number of rotatable bonds is 6. The van der Waals surface area contributed by atoms with Crippen LogP contribution in [0.15, 0.2) is 35.7 Å². The molecule has 0 radical (unpaired) electrons. The van der Waals surface area contributed by atoms with Crippen LogP contribution in [-0.4, -0.2) is 7.11 Å². The molecule has 0 aliphatic rings. The third kappa shape index (κ3) is 3.96. The normalized spacial score (nSPS) is 12.4. The summed E-state index contributed by atoms with van der Waals surface area (Å²) in [5.41, 5.74) is 1.28. The summed E-state index contributed by atoms with van der Waals surface area (Å²) in [4.78, 5) is 1.26. The van der Waals surface area contributed by atoms with Crippen LogP contribution >= 0.6 is 22.9 Å². The van der Waals surface area contributed by atoms with Crippen LogP contribution in [0, 0.1) is 0 Å². The average molecular weight is 296 g/mol. The second-order valence-electron chi connectivity index (χ2n) is 4.35. The van der Waals surface area contributed by atoms with E-state index in [1.54, 1.807) is 18.4 Å². The topological polar surface area (TPSA) is 21.3 Å². The zero-order chi connectivity index (χ0) is 13.7. The van der Waals surface area contributed by atoms with Crippen LogP contribution < -0.4 is 10.1 Å². The Balaban J connectivity index is 1.98. The Morgan fingerprint density at radius 3 is 2.58 bits per heavy atom. The molecule has 102 valence electrons. The molecule has 19 heavy (non-hydrogen) atoms. The van der Waals surface area contributed by atoms with E-state index in [-0.39, 0.29) is 0 Å². The van der Waals surface area contributed by atoms with E-state index in [4.69, 9.17) is 16.3 Å². The van der Waals surface area contributed by atoms with E-state index in [2.05, 4.69) is 24.4 Å². The maximum absolute atomic E-state index is 5.93. The van der Waals surface area contributed by atoms with Crippen LogP contribution in [0.2, 0.25) is 5.02 Å². The average Bonchev–Trinajstić information content (AvgIpc) is 2.86. The van der Waals surface area contributed by atoms with Gasteiger partial charge >= 0.3 is 0 Å². The molecule has 1 atom stereocenters. The fraction of sp³-hybridized carbons (Fsp3) is 0.333. The molecule has 0 aliphatic heterocycles. The number of nitrogens with one attached hydrogen (secondary N) is 1. The molecule has 0 saturated heterocycles. The second kappa shape index (κ2) is 6.94. The molecule has 1 heterocycles. The van der Waals surface area contributed by atoms with Crippen LogP contribution in [0.5, 0.6) is 5.75 Å². The fourth-order valence-electron chi connectivity index (χ4n) is 2.00. The molecule has 1 aromatic carbocycles. The zero-order valence-corrected chi connectivity index (χ0v) is 12.7. The highest BCUT2D eigenvalue weighted by Gasteiger charge is 2.09. The van der Waals surface area contributed by atoms with Crippen LogP contribution in [0.1, 0.15) is 29.8 Å². The molecule has 0 fully saturated rings. The molecule has 2 aromatic rings. The van der Waals surface area contributed by atoms with Gasteiger partial charge in [0.1, 0.15) is 5.75 Å². The molecule has 0 spiro atoms. The summed E-state index contributed by atoms with van der Waals surface area (Å²) in [6.07, 6.45) is 1.05. The van der Waals surface area contributed by atoms with Crippen molar-refractivity contribution < 1.29 is 4.74 Å². The summed E-state index contributed by atoms with van der Waals surface area (Å²) in [6.45, 7) is 3.03. The van der Waals surface area contributed by atoms with Gasteiger partial charge in [0.15, 0.2) is 0 Å². The van der Waals surface area contributed by atoms with Gasteiger partial charge in [-0.2, -0.15) is 0 Å². The molecule has 4 heteroatoms. The summed E-state index contributed by atoms with van der Waals surface area (Å²) in [7, 11) is 1.69. The lowest BCUT2D eigenvalue weighted by atomic mass is 10.0. The van der Waals surface area contributed by atoms with Crippen molar-refractivity contribution in [2.45, 2.75) is 25.9 Å². The van der Waals surface area contributed by atoms with Gasteiger partial charge in [-0.1, -0.05) is 30.7 Å². The Kier molecular flexibility index (Phi) is 5.25. The van der Waals surface area contributed by atoms with Crippen molar-refractivity contribution in [3.63, 3.8) is 0 Å². The van der Waals surface area contributed by atoms with Gasteiger partial charge in [0, 0.05) is 22.8 Å². The highest BCUT2D eigenvalue weighted by molar-refractivity contribution is 7.10. The molecular formula is C15H18ClNOS. The van der Waals surface area contributed by atoms with E-state index >= 15 is 0 Å². The molecule has 0 saturated carbocycles. The number of methoxy groups -OCH3 is 1. The molecule has 1 aromatic heterocycles. The Morgan fingerprint density at radius 2 is 2.05 bits per heavy atom. The molecule has 1 N–H and O–H groups in total. The van der Waals surface area contributed by atoms with E-state index < -0.39 is 0 Å². The predicted octanol–water partition coefficient (Wildman–Crippen LogP) is 4.65. The monoisotopic (exact) mass is 295 g/mol. The molecule has 0 bridgehead atoms. The summed E-state index contributed by atoms with van der Waals surface area (Å²) in [6, 6.07) is 10.6. The maximum Gasteiger partial charge on any atom is 0.118 e. The van der Waals surface area contributed by atoms with E-state index in [0.717, 1.165) is 23.7 Å². The van der Waals surface area contributed by atoms with Gasteiger partial charge in [0.25, 0.3) is 0 Å². The van der Waals surface area contributed by atoms with Gasteiger partial charge in [-0.15, -0.1) is 11.3 Å². The minimum atomic E-state index is 0.354. The van der Waals surface area contributed by atoms with Gasteiger partial charge in [-0.3, -0.25) is 0 Å². The first-order chi connectivity index (χ1) is 9.22. The van der Waals surface area contributed by atoms with Crippen LogP contribution in [0.4, 0.5) is 0 Å². The van der Waals surface area contributed by atoms with Crippen LogP contribution in [-0.2, 0) is 6.54 Å². The Morgan fingerprint density at radius 1 is 1.32 bits per heavy atom. The Hall–Kier alpha value is -1.03. The van der Waals surface area contributed by atoms with Gasteiger partial charge in [0.05, 0.1) is 12.1 Å². The third-order valence-electron chi connectivity index (χ3n) is 3.07. The smallest absolute Gasteiger partial charge is 0.118 e. The second-order valence-corrected chi connectivity index (χ2v) is 5.78. The minimum absolute atomic E-state index is 0.354. The summed E-state index contributed by atoms with van der Waals surface area (Å²) in [5, 5.41) is 6.35. The molecule has 2 nitrogen and oxygen atoms in total. The fourth-order valence-corrected chi connectivity index (χ4v) is 3.03. The molecule has 2 rings (SSSR count). The van der Waals surface area contributed by atoms with E-state index in [1.165, 1.54) is 10.4 Å². The first-order valence-electron chi connectivity index (χ1n) is 6.33. The lowest BCUT2D eigenvalue weighted by Gasteiger charge is -2.17. The quantitative estimate of drug-likeness (QED) is 0.837. The highest BCUT2D eigenvalue weighted by atomic mass is 35.5. The predicted molar refractivity (Wildman–Crippen MR) is 82.2 cm³/mol. The lowest BCUT2D eigenvalue weighted by molar-refractivity contribution is 0.414.